The highest BCUT2D eigenvalue weighted by atomic mass is 19.1. The van der Waals surface area contributed by atoms with Crippen molar-refractivity contribution in [3.05, 3.63) is 29.6 Å². The summed E-state index contributed by atoms with van der Waals surface area (Å²) in [6.07, 6.45) is 1.94. The van der Waals surface area contributed by atoms with Gasteiger partial charge in [0.2, 0.25) is 0 Å². The highest BCUT2D eigenvalue weighted by Crippen LogP contribution is 2.31. The van der Waals surface area contributed by atoms with Crippen molar-refractivity contribution in [2.45, 2.75) is 18.8 Å². The normalized spacial score (nSPS) is 19.3. The molecule has 0 amide bonds. The van der Waals surface area contributed by atoms with Crippen LogP contribution in [-0.2, 0) is 0 Å². The molecule has 82 valence electrons. The second kappa shape index (κ2) is 4.19. The molecule has 1 aliphatic rings. The first-order valence-corrected chi connectivity index (χ1v) is 5.34. The van der Waals surface area contributed by atoms with E-state index in [4.69, 9.17) is 0 Å². The molecule has 0 aromatic heterocycles. The van der Waals surface area contributed by atoms with E-state index in [1.807, 2.05) is 0 Å². The molecule has 1 saturated heterocycles. The summed E-state index contributed by atoms with van der Waals surface area (Å²) in [5.41, 5.74) is 0.670. The fraction of sp³-hybridized carbons (Fsp3) is 0.500. The van der Waals surface area contributed by atoms with Crippen LogP contribution in [0.1, 0.15) is 24.3 Å². The maximum absolute atomic E-state index is 13.5. The molecule has 0 unspecified atom stereocenters. The summed E-state index contributed by atoms with van der Waals surface area (Å²) in [5, 5.41) is 9.34. The van der Waals surface area contributed by atoms with Gasteiger partial charge in [0.15, 0.2) is 0 Å². The predicted molar refractivity (Wildman–Crippen MR) is 57.5 cm³/mol. The van der Waals surface area contributed by atoms with Crippen molar-refractivity contribution in [2.24, 2.45) is 0 Å². The van der Waals surface area contributed by atoms with E-state index < -0.39 is 0 Å². The van der Waals surface area contributed by atoms with Gasteiger partial charge in [-0.25, -0.2) is 4.39 Å². The van der Waals surface area contributed by atoms with Crippen molar-refractivity contribution in [1.29, 1.82) is 0 Å². The molecule has 1 aliphatic heterocycles. The Labute approximate surface area is 89.3 Å². The molecule has 0 bridgehead atoms. The molecule has 2 rings (SSSR count). The summed E-state index contributed by atoms with van der Waals surface area (Å²) in [4.78, 5) is 2.25. The Morgan fingerprint density at radius 3 is 2.67 bits per heavy atom. The van der Waals surface area contributed by atoms with E-state index >= 15 is 0 Å². The summed E-state index contributed by atoms with van der Waals surface area (Å²) in [6.45, 7) is 2.00. The number of phenolic OH excluding ortho intramolecular Hbond substituents is 1. The van der Waals surface area contributed by atoms with Crippen molar-refractivity contribution in [1.82, 2.24) is 4.90 Å². The Bertz CT molecular complexity index is 345. The molecular formula is C12H16FNO. The van der Waals surface area contributed by atoms with Crippen LogP contribution in [0.15, 0.2) is 18.2 Å². The zero-order valence-corrected chi connectivity index (χ0v) is 8.91. The minimum atomic E-state index is -0.192. The predicted octanol–water partition coefficient (Wildman–Crippen LogP) is 2.34. The van der Waals surface area contributed by atoms with E-state index in [9.17, 15) is 9.50 Å². The van der Waals surface area contributed by atoms with Crippen molar-refractivity contribution in [3.63, 3.8) is 0 Å². The van der Waals surface area contributed by atoms with Crippen LogP contribution in [0.25, 0.3) is 0 Å². The van der Waals surface area contributed by atoms with Gasteiger partial charge in [0.25, 0.3) is 0 Å². The van der Waals surface area contributed by atoms with Gasteiger partial charge >= 0.3 is 0 Å². The van der Waals surface area contributed by atoms with Gasteiger partial charge in [0.1, 0.15) is 11.6 Å². The molecule has 1 N–H and O–H groups in total. The topological polar surface area (TPSA) is 23.5 Å². The maximum atomic E-state index is 13.5. The monoisotopic (exact) mass is 209 g/mol. The fourth-order valence-corrected chi connectivity index (χ4v) is 2.16. The van der Waals surface area contributed by atoms with E-state index in [1.165, 1.54) is 12.1 Å². The summed E-state index contributed by atoms with van der Waals surface area (Å²) in [5.74, 6) is 0.223. The number of nitrogens with zero attached hydrogens (tertiary/aromatic N) is 1. The highest BCUT2D eigenvalue weighted by Gasteiger charge is 2.21. The lowest BCUT2D eigenvalue weighted by Crippen LogP contribution is -2.29. The lowest BCUT2D eigenvalue weighted by atomic mass is 9.89. The van der Waals surface area contributed by atoms with Crippen LogP contribution in [0.4, 0.5) is 4.39 Å². The van der Waals surface area contributed by atoms with Gasteiger partial charge in [-0.3, -0.25) is 0 Å². The highest BCUT2D eigenvalue weighted by molar-refractivity contribution is 5.31. The molecule has 0 spiro atoms. The SMILES string of the molecule is CN1CCC(c2cc(O)ccc2F)CC1. The summed E-state index contributed by atoms with van der Waals surface area (Å²) >= 11 is 0. The molecule has 0 radical (unpaired) electrons. The number of hydrogen-bond donors (Lipinski definition) is 1. The largest absolute Gasteiger partial charge is 0.508 e. The van der Waals surface area contributed by atoms with Gasteiger partial charge in [-0.05, 0) is 62.7 Å². The number of rotatable bonds is 1. The van der Waals surface area contributed by atoms with E-state index in [-0.39, 0.29) is 17.5 Å². The van der Waals surface area contributed by atoms with Crippen LogP contribution in [0.5, 0.6) is 5.75 Å². The van der Waals surface area contributed by atoms with Crippen LogP contribution < -0.4 is 0 Å². The molecule has 0 saturated carbocycles. The quantitative estimate of drug-likeness (QED) is 0.767. The van der Waals surface area contributed by atoms with E-state index in [0.29, 0.717) is 5.56 Å². The fourth-order valence-electron chi connectivity index (χ4n) is 2.16. The zero-order valence-electron chi connectivity index (χ0n) is 8.91. The Balaban J connectivity index is 2.18. The van der Waals surface area contributed by atoms with E-state index in [2.05, 4.69) is 11.9 Å². The molecule has 2 nitrogen and oxygen atoms in total. The number of piperidine rings is 1. The van der Waals surface area contributed by atoms with Crippen LogP contribution in [0.2, 0.25) is 0 Å². The first-order chi connectivity index (χ1) is 7.16. The summed E-state index contributed by atoms with van der Waals surface area (Å²) in [6, 6.07) is 4.31. The van der Waals surface area contributed by atoms with Crippen LogP contribution in [0.3, 0.4) is 0 Å². The van der Waals surface area contributed by atoms with Crippen molar-refractivity contribution < 1.29 is 9.50 Å². The summed E-state index contributed by atoms with van der Waals surface area (Å²) < 4.78 is 13.5. The van der Waals surface area contributed by atoms with Crippen LogP contribution >= 0.6 is 0 Å². The van der Waals surface area contributed by atoms with Crippen LogP contribution in [0, 0.1) is 5.82 Å². The first-order valence-electron chi connectivity index (χ1n) is 5.34. The lowest BCUT2D eigenvalue weighted by Gasteiger charge is -2.29. The van der Waals surface area contributed by atoms with Crippen LogP contribution in [-0.4, -0.2) is 30.1 Å². The molecule has 1 fully saturated rings. The number of aromatic hydroxyl groups is 1. The van der Waals surface area contributed by atoms with Gasteiger partial charge in [0, 0.05) is 0 Å². The number of halogens is 1. The zero-order chi connectivity index (χ0) is 10.8. The number of hydrogen-bond acceptors (Lipinski definition) is 2. The standard InChI is InChI=1S/C12H16FNO/c1-14-6-4-9(5-7-14)11-8-10(15)2-3-12(11)13/h2-3,8-9,15H,4-7H2,1H3. The third-order valence-corrected chi connectivity index (χ3v) is 3.14. The van der Waals surface area contributed by atoms with Crippen molar-refractivity contribution in [2.75, 3.05) is 20.1 Å². The molecule has 3 heteroatoms. The van der Waals surface area contributed by atoms with Gasteiger partial charge in [-0.15, -0.1) is 0 Å². The second-order valence-electron chi connectivity index (χ2n) is 4.28. The van der Waals surface area contributed by atoms with Gasteiger partial charge in [0.05, 0.1) is 0 Å². The molecule has 0 aliphatic carbocycles. The first kappa shape index (κ1) is 10.4. The smallest absolute Gasteiger partial charge is 0.126 e. The van der Waals surface area contributed by atoms with Gasteiger partial charge < -0.3 is 10.0 Å². The number of benzene rings is 1. The Hall–Kier alpha value is -1.09. The second-order valence-corrected chi connectivity index (χ2v) is 4.28. The Morgan fingerprint density at radius 1 is 1.33 bits per heavy atom. The lowest BCUT2D eigenvalue weighted by molar-refractivity contribution is 0.253. The maximum Gasteiger partial charge on any atom is 0.126 e. The average Bonchev–Trinajstić information content (AvgIpc) is 2.23. The van der Waals surface area contributed by atoms with Crippen molar-refractivity contribution >= 4 is 0 Å². The Morgan fingerprint density at radius 2 is 2.00 bits per heavy atom. The van der Waals surface area contributed by atoms with E-state index in [0.717, 1.165) is 25.9 Å². The molecular weight excluding hydrogens is 193 g/mol. The third kappa shape index (κ3) is 2.29. The number of likely N-dealkylation sites (tertiary alicyclic amines) is 1. The van der Waals surface area contributed by atoms with Gasteiger partial charge in [-0.2, -0.15) is 0 Å². The molecule has 15 heavy (non-hydrogen) atoms. The molecule has 1 aromatic carbocycles. The minimum absolute atomic E-state index is 0.158. The summed E-state index contributed by atoms with van der Waals surface area (Å²) in [7, 11) is 2.08. The molecule has 1 heterocycles. The Kier molecular flexibility index (Phi) is 2.91. The third-order valence-electron chi connectivity index (χ3n) is 3.14. The van der Waals surface area contributed by atoms with Gasteiger partial charge in [-0.1, -0.05) is 0 Å². The number of phenols is 1. The average molecular weight is 209 g/mol. The molecule has 1 aromatic rings. The van der Waals surface area contributed by atoms with E-state index in [1.54, 1.807) is 6.07 Å². The minimum Gasteiger partial charge on any atom is -0.508 e. The van der Waals surface area contributed by atoms with Crippen molar-refractivity contribution in [3.8, 4) is 5.75 Å². The molecule has 0 atom stereocenters.